The Morgan fingerprint density at radius 2 is 1.71 bits per heavy atom. The Bertz CT molecular complexity index is 1390. The van der Waals surface area contributed by atoms with E-state index in [-0.39, 0.29) is 16.3 Å². The number of hydrogen-bond acceptors (Lipinski definition) is 7. The molecule has 0 bridgehead atoms. The second kappa shape index (κ2) is 9.22. The highest BCUT2D eigenvalue weighted by molar-refractivity contribution is 7.90. The van der Waals surface area contributed by atoms with Crippen LogP contribution in [0.4, 0.5) is 4.79 Å². The molecule has 0 aliphatic rings. The Morgan fingerprint density at radius 3 is 2.21 bits per heavy atom. The molecule has 1 aromatic carbocycles. The molecular formula is C23H27N3O6S2. The van der Waals surface area contributed by atoms with Crippen LogP contribution in [0.15, 0.2) is 70.8 Å². The first kappa shape index (κ1) is 25.4. The van der Waals surface area contributed by atoms with Gasteiger partial charge in [-0.1, -0.05) is 12.1 Å². The summed E-state index contributed by atoms with van der Waals surface area (Å²) in [5.41, 5.74) is 0.772. The van der Waals surface area contributed by atoms with E-state index in [1.807, 2.05) is 20.8 Å². The van der Waals surface area contributed by atoms with Crippen LogP contribution in [0.2, 0.25) is 0 Å². The summed E-state index contributed by atoms with van der Waals surface area (Å²) >= 11 is 0. The zero-order chi connectivity index (χ0) is 25.3. The molecule has 182 valence electrons. The van der Waals surface area contributed by atoms with Gasteiger partial charge in [0.2, 0.25) is 0 Å². The van der Waals surface area contributed by atoms with Crippen molar-refractivity contribution in [2.24, 2.45) is 0 Å². The molecule has 0 spiro atoms. The maximum Gasteiger partial charge on any atom is 0.410 e. The van der Waals surface area contributed by atoms with Crippen molar-refractivity contribution < 1.29 is 26.4 Å². The van der Waals surface area contributed by atoms with E-state index in [0.717, 1.165) is 10.2 Å². The van der Waals surface area contributed by atoms with Gasteiger partial charge in [-0.25, -0.2) is 25.6 Å². The third-order valence-electron chi connectivity index (χ3n) is 5.16. The number of sulfone groups is 1. The standard InChI is InChI=1S/C23H27N3O6S2/c1-23(2,3)25(22(27)32-4)15-17-13-21(18-8-10-19(11-9-18)33(5,28)29)26(16-17)34(30,31)20-7-6-12-24-14-20/h6-14,16H,15H2,1-5H3. The number of pyridine rings is 1. The van der Waals surface area contributed by atoms with Crippen LogP contribution in [0, 0.1) is 0 Å². The van der Waals surface area contributed by atoms with Crippen molar-refractivity contribution in [3.05, 3.63) is 66.6 Å². The van der Waals surface area contributed by atoms with Crippen LogP contribution in [-0.4, -0.2) is 55.7 Å². The summed E-state index contributed by atoms with van der Waals surface area (Å²) in [5, 5.41) is 0. The average molecular weight is 506 g/mol. The van der Waals surface area contributed by atoms with Gasteiger partial charge in [-0.15, -0.1) is 0 Å². The fourth-order valence-electron chi connectivity index (χ4n) is 3.35. The number of hydrogen-bond donors (Lipinski definition) is 0. The zero-order valence-corrected chi connectivity index (χ0v) is 21.2. The Kier molecular flexibility index (Phi) is 6.90. The molecule has 0 aliphatic heterocycles. The molecule has 3 aromatic rings. The molecule has 0 N–H and O–H groups in total. The van der Waals surface area contributed by atoms with Crippen LogP contribution < -0.4 is 0 Å². The summed E-state index contributed by atoms with van der Waals surface area (Å²) in [4.78, 5) is 17.9. The maximum absolute atomic E-state index is 13.5. The quantitative estimate of drug-likeness (QED) is 0.503. The predicted molar refractivity (Wildman–Crippen MR) is 127 cm³/mol. The number of carbonyl (C=O) groups is 1. The lowest BCUT2D eigenvalue weighted by molar-refractivity contribution is 0.0793. The third kappa shape index (κ3) is 5.31. The van der Waals surface area contributed by atoms with Crippen LogP contribution >= 0.6 is 0 Å². The highest BCUT2D eigenvalue weighted by Crippen LogP contribution is 2.29. The number of rotatable bonds is 6. The van der Waals surface area contributed by atoms with Gasteiger partial charge in [-0.05, 0) is 62.2 Å². The zero-order valence-electron chi connectivity index (χ0n) is 19.6. The van der Waals surface area contributed by atoms with Gasteiger partial charge in [0.1, 0.15) is 4.90 Å². The summed E-state index contributed by atoms with van der Waals surface area (Å²) in [6, 6.07) is 10.6. The largest absolute Gasteiger partial charge is 0.453 e. The van der Waals surface area contributed by atoms with Crippen LogP contribution in [0.5, 0.6) is 0 Å². The van der Waals surface area contributed by atoms with Gasteiger partial charge in [0, 0.05) is 30.4 Å². The van der Waals surface area contributed by atoms with Crippen LogP contribution in [0.25, 0.3) is 11.3 Å². The summed E-state index contributed by atoms with van der Waals surface area (Å²) in [6.45, 7) is 5.63. The lowest BCUT2D eigenvalue weighted by Gasteiger charge is -2.34. The smallest absolute Gasteiger partial charge is 0.410 e. The van der Waals surface area contributed by atoms with Gasteiger partial charge in [0.15, 0.2) is 9.84 Å². The van der Waals surface area contributed by atoms with E-state index in [1.165, 1.54) is 54.9 Å². The Labute approximate surface area is 200 Å². The first-order valence-corrected chi connectivity index (χ1v) is 13.6. The Morgan fingerprint density at radius 1 is 1.06 bits per heavy atom. The van der Waals surface area contributed by atoms with E-state index >= 15 is 0 Å². The monoisotopic (exact) mass is 505 g/mol. The molecular weight excluding hydrogens is 478 g/mol. The molecule has 1 amide bonds. The highest BCUT2D eigenvalue weighted by atomic mass is 32.2. The van der Waals surface area contributed by atoms with Crippen molar-refractivity contribution in [1.82, 2.24) is 13.9 Å². The van der Waals surface area contributed by atoms with Crippen LogP contribution in [0.1, 0.15) is 26.3 Å². The van der Waals surface area contributed by atoms with Crippen molar-refractivity contribution in [1.29, 1.82) is 0 Å². The third-order valence-corrected chi connectivity index (χ3v) is 7.94. The summed E-state index contributed by atoms with van der Waals surface area (Å²) in [7, 11) is -6.16. The first-order valence-electron chi connectivity index (χ1n) is 10.3. The van der Waals surface area contributed by atoms with E-state index in [2.05, 4.69) is 4.98 Å². The molecule has 2 heterocycles. The van der Waals surface area contributed by atoms with Gasteiger partial charge in [-0.3, -0.25) is 9.88 Å². The van der Waals surface area contributed by atoms with Gasteiger partial charge >= 0.3 is 6.09 Å². The van der Waals surface area contributed by atoms with Crippen LogP contribution in [0.3, 0.4) is 0 Å². The molecule has 3 rings (SSSR count). The van der Waals surface area contributed by atoms with Crippen molar-refractivity contribution >= 4 is 26.0 Å². The number of carbonyl (C=O) groups excluding carboxylic acids is 1. The molecule has 34 heavy (non-hydrogen) atoms. The predicted octanol–water partition coefficient (Wildman–Crippen LogP) is 3.56. The number of nitrogens with zero attached hydrogens (tertiary/aromatic N) is 3. The maximum atomic E-state index is 13.5. The highest BCUT2D eigenvalue weighted by Gasteiger charge is 2.29. The first-order chi connectivity index (χ1) is 15.7. The fourth-order valence-corrected chi connectivity index (χ4v) is 5.34. The Hall–Kier alpha value is -3.18. The van der Waals surface area contributed by atoms with Crippen molar-refractivity contribution in [3.63, 3.8) is 0 Å². The molecule has 0 atom stereocenters. The van der Waals surface area contributed by atoms with Gasteiger partial charge < -0.3 is 4.74 Å². The summed E-state index contributed by atoms with van der Waals surface area (Å²) in [5.74, 6) is 0. The molecule has 2 aromatic heterocycles. The second-order valence-corrected chi connectivity index (χ2v) is 12.6. The van der Waals surface area contributed by atoms with E-state index in [9.17, 15) is 21.6 Å². The molecule has 0 saturated carbocycles. The Balaban J connectivity index is 2.17. The average Bonchev–Trinajstić information content (AvgIpc) is 3.21. The van der Waals surface area contributed by atoms with Crippen LogP contribution in [-0.2, 0) is 31.1 Å². The molecule has 11 heteroatoms. The molecule has 0 unspecified atom stereocenters. The molecule has 0 radical (unpaired) electrons. The SMILES string of the molecule is COC(=O)N(Cc1cc(-c2ccc(S(C)(=O)=O)cc2)n(S(=O)(=O)c2cccnc2)c1)C(C)(C)C. The van der Waals surface area contributed by atoms with Gasteiger partial charge in [0.25, 0.3) is 10.0 Å². The van der Waals surface area contributed by atoms with E-state index in [0.29, 0.717) is 16.8 Å². The van der Waals surface area contributed by atoms with Gasteiger partial charge in [0.05, 0.1) is 24.2 Å². The topological polar surface area (TPSA) is 116 Å². The molecule has 0 fully saturated rings. The minimum atomic E-state index is -4.03. The normalized spacial score (nSPS) is 12.4. The van der Waals surface area contributed by atoms with Crippen molar-refractivity contribution in [3.8, 4) is 11.3 Å². The van der Waals surface area contributed by atoms with E-state index in [1.54, 1.807) is 18.2 Å². The summed E-state index contributed by atoms with van der Waals surface area (Å²) < 4.78 is 56.6. The van der Waals surface area contributed by atoms with E-state index in [4.69, 9.17) is 4.74 Å². The lowest BCUT2D eigenvalue weighted by atomic mass is 10.1. The fraction of sp³-hybridized carbons (Fsp3) is 0.304. The molecule has 0 saturated heterocycles. The molecule has 0 aliphatic carbocycles. The summed E-state index contributed by atoms with van der Waals surface area (Å²) in [6.07, 6.45) is 4.73. The second-order valence-electron chi connectivity index (χ2n) is 8.75. The van der Waals surface area contributed by atoms with Crippen molar-refractivity contribution in [2.45, 2.75) is 42.6 Å². The minimum absolute atomic E-state index is 0.00759. The molecule has 9 nitrogen and oxygen atoms in total. The number of methoxy groups -OCH3 is 1. The van der Waals surface area contributed by atoms with E-state index < -0.39 is 31.5 Å². The number of amides is 1. The number of ether oxygens (including phenoxy) is 1. The van der Waals surface area contributed by atoms with Crippen molar-refractivity contribution in [2.75, 3.05) is 13.4 Å². The number of aromatic nitrogens is 2. The minimum Gasteiger partial charge on any atom is -0.453 e. The number of benzene rings is 1. The lowest BCUT2D eigenvalue weighted by Crippen LogP contribution is -2.44. The van der Waals surface area contributed by atoms with Gasteiger partial charge in [-0.2, -0.15) is 0 Å².